The fraction of sp³-hybridized carbons (Fsp3) is 0.429. The van der Waals surface area contributed by atoms with Gasteiger partial charge < -0.3 is 15.2 Å². The molecule has 0 aromatic heterocycles. The first-order chi connectivity index (χ1) is 9.60. The standard InChI is InChI=1S/C14H19NO4S/c1-19-9-10-5-3-4-6-11(10)13(16)15-12(14(17)18)7-8-20-2/h3-6,12H,7-9H2,1-2H3,(H,15,16)(H,17,18)/t12-/m1/s1. The number of methoxy groups -OCH3 is 1. The maximum absolute atomic E-state index is 12.2. The van der Waals surface area contributed by atoms with Gasteiger partial charge in [-0.1, -0.05) is 18.2 Å². The lowest BCUT2D eigenvalue weighted by atomic mass is 10.1. The van der Waals surface area contributed by atoms with Crippen molar-refractivity contribution in [3.63, 3.8) is 0 Å². The van der Waals surface area contributed by atoms with Gasteiger partial charge in [0.25, 0.3) is 5.91 Å². The summed E-state index contributed by atoms with van der Waals surface area (Å²) in [5.74, 6) is -0.723. The number of nitrogens with one attached hydrogen (secondary N) is 1. The van der Waals surface area contributed by atoms with Crippen molar-refractivity contribution in [2.24, 2.45) is 0 Å². The van der Waals surface area contributed by atoms with E-state index < -0.39 is 12.0 Å². The van der Waals surface area contributed by atoms with Gasteiger partial charge in [0.05, 0.1) is 6.61 Å². The quantitative estimate of drug-likeness (QED) is 0.765. The fourth-order valence-electron chi connectivity index (χ4n) is 1.75. The van der Waals surface area contributed by atoms with Crippen molar-refractivity contribution in [3.05, 3.63) is 35.4 Å². The second kappa shape index (κ2) is 8.60. The molecule has 2 N–H and O–H groups in total. The van der Waals surface area contributed by atoms with Crippen molar-refractivity contribution < 1.29 is 19.4 Å². The second-order valence-electron chi connectivity index (χ2n) is 4.24. The normalized spacial score (nSPS) is 11.9. The van der Waals surface area contributed by atoms with Gasteiger partial charge >= 0.3 is 5.97 Å². The fourth-order valence-corrected chi connectivity index (χ4v) is 2.22. The lowest BCUT2D eigenvalue weighted by molar-refractivity contribution is -0.139. The van der Waals surface area contributed by atoms with Gasteiger partial charge in [-0.05, 0) is 30.1 Å². The number of hydrogen-bond acceptors (Lipinski definition) is 4. The average Bonchev–Trinajstić information content (AvgIpc) is 2.43. The Bertz CT molecular complexity index is 464. The number of carboxylic acids is 1. The third-order valence-electron chi connectivity index (χ3n) is 2.78. The summed E-state index contributed by atoms with van der Waals surface area (Å²) in [6.45, 7) is 0.312. The molecule has 110 valence electrons. The zero-order valence-electron chi connectivity index (χ0n) is 11.6. The van der Waals surface area contributed by atoms with E-state index in [2.05, 4.69) is 5.32 Å². The molecule has 0 heterocycles. The van der Waals surface area contributed by atoms with Crippen LogP contribution in [0, 0.1) is 0 Å². The molecule has 0 saturated carbocycles. The van der Waals surface area contributed by atoms with E-state index in [4.69, 9.17) is 9.84 Å². The minimum atomic E-state index is -1.02. The summed E-state index contributed by atoms with van der Waals surface area (Å²) in [7, 11) is 1.55. The Morgan fingerprint density at radius 1 is 1.40 bits per heavy atom. The molecule has 0 aliphatic carbocycles. The molecular weight excluding hydrogens is 278 g/mol. The molecular formula is C14H19NO4S. The van der Waals surface area contributed by atoms with E-state index in [0.717, 1.165) is 5.56 Å². The largest absolute Gasteiger partial charge is 0.480 e. The van der Waals surface area contributed by atoms with Gasteiger partial charge in [0.15, 0.2) is 0 Å². The predicted octanol–water partition coefficient (Wildman–Crippen LogP) is 1.77. The Morgan fingerprint density at radius 3 is 2.70 bits per heavy atom. The molecule has 20 heavy (non-hydrogen) atoms. The van der Waals surface area contributed by atoms with Crippen molar-refractivity contribution in [2.45, 2.75) is 19.1 Å². The first kappa shape index (κ1) is 16.5. The van der Waals surface area contributed by atoms with Gasteiger partial charge in [-0.3, -0.25) is 4.79 Å². The van der Waals surface area contributed by atoms with Crippen LogP contribution in [-0.4, -0.2) is 42.1 Å². The summed E-state index contributed by atoms with van der Waals surface area (Å²) in [5.41, 5.74) is 1.19. The highest BCUT2D eigenvalue weighted by Gasteiger charge is 2.21. The number of hydrogen-bond donors (Lipinski definition) is 2. The predicted molar refractivity (Wildman–Crippen MR) is 79.0 cm³/mol. The summed E-state index contributed by atoms with van der Waals surface area (Å²) in [6, 6.07) is 6.14. The number of benzene rings is 1. The van der Waals surface area contributed by atoms with E-state index in [-0.39, 0.29) is 5.91 Å². The van der Waals surface area contributed by atoms with E-state index in [0.29, 0.717) is 24.3 Å². The molecule has 1 aromatic rings. The monoisotopic (exact) mass is 297 g/mol. The van der Waals surface area contributed by atoms with Crippen LogP contribution in [0.3, 0.4) is 0 Å². The maximum Gasteiger partial charge on any atom is 0.326 e. The van der Waals surface area contributed by atoms with Crippen LogP contribution in [0.5, 0.6) is 0 Å². The van der Waals surface area contributed by atoms with E-state index in [1.165, 1.54) is 0 Å². The number of carbonyl (C=O) groups is 2. The molecule has 1 atom stereocenters. The number of ether oxygens (including phenoxy) is 1. The summed E-state index contributed by atoms with van der Waals surface area (Å²) >= 11 is 1.55. The number of aliphatic carboxylic acids is 1. The molecule has 0 aliphatic heterocycles. The summed E-state index contributed by atoms with van der Waals surface area (Å²) < 4.78 is 5.04. The van der Waals surface area contributed by atoms with Crippen LogP contribution in [0.15, 0.2) is 24.3 Å². The first-order valence-corrected chi connectivity index (χ1v) is 7.59. The second-order valence-corrected chi connectivity index (χ2v) is 5.22. The molecule has 0 saturated heterocycles. The number of rotatable bonds is 8. The molecule has 1 rings (SSSR count). The minimum absolute atomic E-state index is 0.312. The Kier molecular flexibility index (Phi) is 7.11. The van der Waals surface area contributed by atoms with Crippen LogP contribution >= 0.6 is 11.8 Å². The zero-order chi connectivity index (χ0) is 15.0. The zero-order valence-corrected chi connectivity index (χ0v) is 12.4. The molecule has 0 fully saturated rings. The Balaban J connectivity index is 2.80. The Morgan fingerprint density at radius 2 is 2.10 bits per heavy atom. The summed E-state index contributed by atoms with van der Waals surface area (Å²) in [5, 5.41) is 11.7. The molecule has 1 aromatic carbocycles. The number of carboxylic acid groups (broad SMARTS) is 1. The Labute approximate surface area is 122 Å². The van der Waals surface area contributed by atoms with Crippen molar-refractivity contribution in [2.75, 3.05) is 19.1 Å². The smallest absolute Gasteiger partial charge is 0.326 e. The summed E-state index contributed by atoms with van der Waals surface area (Å²) in [4.78, 5) is 23.3. The summed E-state index contributed by atoms with van der Waals surface area (Å²) in [6.07, 6.45) is 2.29. The van der Waals surface area contributed by atoms with Crippen LogP contribution in [0.1, 0.15) is 22.3 Å². The van der Waals surface area contributed by atoms with Gasteiger partial charge in [-0.25, -0.2) is 4.79 Å². The van der Waals surface area contributed by atoms with E-state index in [1.54, 1.807) is 37.1 Å². The van der Waals surface area contributed by atoms with Crippen molar-refractivity contribution in [1.82, 2.24) is 5.32 Å². The van der Waals surface area contributed by atoms with Gasteiger partial charge in [-0.2, -0.15) is 11.8 Å². The van der Waals surface area contributed by atoms with E-state index in [9.17, 15) is 9.59 Å². The van der Waals surface area contributed by atoms with E-state index in [1.807, 2.05) is 12.3 Å². The minimum Gasteiger partial charge on any atom is -0.480 e. The molecule has 6 heteroatoms. The highest BCUT2D eigenvalue weighted by Crippen LogP contribution is 2.11. The van der Waals surface area contributed by atoms with Crippen molar-refractivity contribution >= 4 is 23.6 Å². The van der Waals surface area contributed by atoms with Crippen LogP contribution in [0.4, 0.5) is 0 Å². The van der Waals surface area contributed by atoms with Gasteiger partial charge in [0, 0.05) is 12.7 Å². The lowest BCUT2D eigenvalue weighted by Gasteiger charge is -2.15. The van der Waals surface area contributed by atoms with Crippen molar-refractivity contribution in [3.8, 4) is 0 Å². The van der Waals surface area contributed by atoms with Crippen LogP contribution < -0.4 is 5.32 Å². The lowest BCUT2D eigenvalue weighted by Crippen LogP contribution is -2.41. The topological polar surface area (TPSA) is 75.6 Å². The SMILES string of the molecule is COCc1ccccc1C(=O)N[C@H](CCSC)C(=O)O. The van der Waals surface area contributed by atoms with Crippen LogP contribution in [0.25, 0.3) is 0 Å². The van der Waals surface area contributed by atoms with Crippen LogP contribution in [0.2, 0.25) is 0 Å². The Hall–Kier alpha value is -1.53. The third-order valence-corrected chi connectivity index (χ3v) is 3.42. The first-order valence-electron chi connectivity index (χ1n) is 6.19. The maximum atomic E-state index is 12.2. The molecule has 0 aliphatic rings. The molecule has 0 radical (unpaired) electrons. The number of carbonyl (C=O) groups excluding carboxylic acids is 1. The molecule has 0 bridgehead atoms. The van der Waals surface area contributed by atoms with Gasteiger partial charge in [0.1, 0.15) is 6.04 Å². The molecule has 1 amide bonds. The molecule has 0 unspecified atom stereocenters. The highest BCUT2D eigenvalue weighted by atomic mass is 32.2. The van der Waals surface area contributed by atoms with Crippen LogP contribution in [-0.2, 0) is 16.1 Å². The number of thioether (sulfide) groups is 1. The molecule has 5 nitrogen and oxygen atoms in total. The molecule has 0 spiro atoms. The van der Waals surface area contributed by atoms with Crippen molar-refractivity contribution in [1.29, 1.82) is 0 Å². The number of amides is 1. The van der Waals surface area contributed by atoms with E-state index >= 15 is 0 Å². The average molecular weight is 297 g/mol. The highest BCUT2D eigenvalue weighted by molar-refractivity contribution is 7.98. The van der Waals surface area contributed by atoms with Gasteiger partial charge in [0.2, 0.25) is 0 Å². The third kappa shape index (κ3) is 4.86. The van der Waals surface area contributed by atoms with Gasteiger partial charge in [-0.15, -0.1) is 0 Å².